The van der Waals surface area contributed by atoms with E-state index in [4.69, 9.17) is 9.47 Å². The molecule has 0 bridgehead atoms. The molecule has 126 valence electrons. The maximum absolute atomic E-state index is 12.3. The van der Waals surface area contributed by atoms with Crippen molar-refractivity contribution >= 4 is 27.7 Å². The topological polar surface area (TPSA) is 61.8 Å². The van der Waals surface area contributed by atoms with Crippen LogP contribution in [-0.2, 0) is 16.1 Å². The fraction of sp³-hybridized carbons (Fsp3) is 0.222. The number of benzene rings is 2. The number of ketones is 1. The van der Waals surface area contributed by atoms with Gasteiger partial charge in [-0.1, -0.05) is 46.3 Å². The van der Waals surface area contributed by atoms with Crippen LogP contribution in [0.1, 0.15) is 15.9 Å². The lowest BCUT2D eigenvalue weighted by Gasteiger charge is -2.13. The zero-order valence-electron chi connectivity index (χ0n) is 13.3. The lowest BCUT2D eigenvalue weighted by Crippen LogP contribution is -2.25. The van der Waals surface area contributed by atoms with E-state index in [1.165, 1.54) is 14.2 Å². The monoisotopic (exact) mass is 392 g/mol. The van der Waals surface area contributed by atoms with Crippen molar-refractivity contribution in [1.29, 1.82) is 0 Å². The van der Waals surface area contributed by atoms with Crippen LogP contribution >= 0.6 is 15.9 Å². The summed E-state index contributed by atoms with van der Waals surface area (Å²) in [5.41, 5.74) is 1.32. The van der Waals surface area contributed by atoms with Gasteiger partial charge in [0.05, 0.1) is 14.2 Å². The first-order valence-electron chi connectivity index (χ1n) is 7.17. The van der Waals surface area contributed by atoms with E-state index in [1.807, 2.05) is 30.3 Å². The van der Waals surface area contributed by atoms with Gasteiger partial charge in [0, 0.05) is 5.56 Å². The van der Waals surface area contributed by atoms with Crippen molar-refractivity contribution in [3.63, 3.8) is 0 Å². The van der Waals surface area contributed by atoms with E-state index in [-0.39, 0.29) is 0 Å². The van der Waals surface area contributed by atoms with Crippen LogP contribution in [0, 0.1) is 0 Å². The Balaban J connectivity index is 2.20. The van der Waals surface area contributed by atoms with Crippen LogP contribution < -0.4 is 9.47 Å². The molecular formula is C18H17BrO5. The SMILES string of the molecule is COC(=O)C(Br)C(=O)c1ccc(OC)c(OCc2ccccc2)c1. The number of esters is 1. The lowest BCUT2D eigenvalue weighted by atomic mass is 10.1. The Hall–Kier alpha value is -2.34. The van der Waals surface area contributed by atoms with E-state index in [0.717, 1.165) is 5.56 Å². The first kappa shape index (κ1) is 18.0. The summed E-state index contributed by atoms with van der Waals surface area (Å²) in [6.45, 7) is 0.337. The number of carbonyl (C=O) groups is 2. The van der Waals surface area contributed by atoms with Gasteiger partial charge in [0.2, 0.25) is 0 Å². The summed E-state index contributed by atoms with van der Waals surface area (Å²) in [6, 6.07) is 14.4. The number of Topliss-reactive ketones (excluding diaryl/α,β-unsaturated/α-hetero) is 1. The number of ether oxygens (including phenoxy) is 3. The highest BCUT2D eigenvalue weighted by molar-refractivity contribution is 9.10. The number of rotatable bonds is 7. The summed E-state index contributed by atoms with van der Waals surface area (Å²) < 4.78 is 15.6. The maximum atomic E-state index is 12.3. The molecule has 0 heterocycles. The van der Waals surface area contributed by atoms with Crippen LogP contribution in [0.5, 0.6) is 11.5 Å². The quantitative estimate of drug-likeness (QED) is 0.312. The second kappa shape index (κ2) is 8.49. The number of halogens is 1. The van der Waals surface area contributed by atoms with Gasteiger partial charge in [-0.05, 0) is 23.8 Å². The Morgan fingerprint density at radius 3 is 2.38 bits per heavy atom. The first-order chi connectivity index (χ1) is 11.6. The number of hydrogen-bond donors (Lipinski definition) is 0. The van der Waals surface area contributed by atoms with E-state index in [1.54, 1.807) is 18.2 Å². The molecule has 0 aromatic heterocycles. The van der Waals surface area contributed by atoms with Gasteiger partial charge in [-0.25, -0.2) is 0 Å². The van der Waals surface area contributed by atoms with Gasteiger partial charge in [0.1, 0.15) is 6.61 Å². The van der Waals surface area contributed by atoms with Crippen molar-refractivity contribution in [3.05, 3.63) is 59.7 Å². The summed E-state index contributed by atoms with van der Waals surface area (Å²) in [4.78, 5) is 22.8. The number of methoxy groups -OCH3 is 2. The molecule has 0 fully saturated rings. The van der Waals surface area contributed by atoms with Gasteiger partial charge in [0.15, 0.2) is 22.1 Å². The molecule has 1 unspecified atom stereocenters. The Bertz CT molecular complexity index is 715. The maximum Gasteiger partial charge on any atom is 0.327 e. The third-order valence-corrected chi connectivity index (χ3v) is 4.11. The summed E-state index contributed by atoms with van der Waals surface area (Å²) >= 11 is 3.05. The van der Waals surface area contributed by atoms with Gasteiger partial charge in [-0.15, -0.1) is 0 Å². The largest absolute Gasteiger partial charge is 0.493 e. The standard InChI is InChI=1S/C18H17BrO5/c1-22-14-9-8-13(17(20)16(19)18(21)23-2)10-15(14)24-11-12-6-4-3-5-7-12/h3-10,16H,11H2,1-2H3. The van der Waals surface area contributed by atoms with Crippen LogP contribution in [0.25, 0.3) is 0 Å². The minimum atomic E-state index is -1.06. The molecule has 6 heteroatoms. The number of alkyl halides is 1. The fourth-order valence-electron chi connectivity index (χ4n) is 2.03. The molecule has 24 heavy (non-hydrogen) atoms. The highest BCUT2D eigenvalue weighted by Crippen LogP contribution is 2.30. The Kier molecular flexibility index (Phi) is 6.37. The fourth-order valence-corrected chi connectivity index (χ4v) is 2.49. The highest BCUT2D eigenvalue weighted by Gasteiger charge is 2.26. The van der Waals surface area contributed by atoms with Crippen LogP contribution in [0.4, 0.5) is 0 Å². The predicted octanol–water partition coefficient (Wildman–Crippen LogP) is 3.39. The molecule has 0 saturated carbocycles. The first-order valence-corrected chi connectivity index (χ1v) is 8.09. The summed E-state index contributed by atoms with van der Waals surface area (Å²) in [7, 11) is 2.75. The second-order valence-corrected chi connectivity index (χ2v) is 5.81. The zero-order valence-corrected chi connectivity index (χ0v) is 14.9. The van der Waals surface area contributed by atoms with E-state index < -0.39 is 16.6 Å². The van der Waals surface area contributed by atoms with Crippen LogP contribution in [0.3, 0.4) is 0 Å². The predicted molar refractivity (Wildman–Crippen MR) is 92.8 cm³/mol. The van der Waals surface area contributed by atoms with Crippen molar-refractivity contribution in [3.8, 4) is 11.5 Å². The zero-order chi connectivity index (χ0) is 17.5. The van der Waals surface area contributed by atoms with Crippen molar-refractivity contribution < 1.29 is 23.8 Å². The van der Waals surface area contributed by atoms with E-state index in [2.05, 4.69) is 20.7 Å². The molecule has 1 atom stereocenters. The third-order valence-electron chi connectivity index (χ3n) is 3.32. The molecule has 0 N–H and O–H groups in total. The molecular weight excluding hydrogens is 376 g/mol. The van der Waals surface area contributed by atoms with E-state index in [9.17, 15) is 9.59 Å². The van der Waals surface area contributed by atoms with Crippen LogP contribution in [0.2, 0.25) is 0 Å². The van der Waals surface area contributed by atoms with Gasteiger partial charge >= 0.3 is 5.97 Å². The van der Waals surface area contributed by atoms with Crippen molar-refractivity contribution in [2.24, 2.45) is 0 Å². The van der Waals surface area contributed by atoms with Crippen LogP contribution in [0.15, 0.2) is 48.5 Å². The summed E-state index contributed by atoms with van der Waals surface area (Å²) in [5.74, 6) is -0.125. The number of hydrogen-bond acceptors (Lipinski definition) is 5. The molecule has 0 aliphatic carbocycles. The van der Waals surface area contributed by atoms with E-state index in [0.29, 0.717) is 23.7 Å². The highest BCUT2D eigenvalue weighted by atomic mass is 79.9. The molecule has 0 radical (unpaired) electrons. The molecule has 0 aliphatic rings. The number of carbonyl (C=O) groups excluding carboxylic acids is 2. The molecule has 0 amide bonds. The molecule has 0 aliphatic heterocycles. The molecule has 5 nitrogen and oxygen atoms in total. The third kappa shape index (κ3) is 4.35. The minimum Gasteiger partial charge on any atom is -0.493 e. The summed E-state index contributed by atoms with van der Waals surface area (Å²) in [5, 5.41) is 0. The van der Waals surface area contributed by atoms with Gasteiger partial charge in [-0.2, -0.15) is 0 Å². The second-order valence-electron chi connectivity index (χ2n) is 4.89. The molecule has 0 saturated heterocycles. The average molecular weight is 393 g/mol. The van der Waals surface area contributed by atoms with Crippen molar-refractivity contribution in [2.75, 3.05) is 14.2 Å². The van der Waals surface area contributed by atoms with Crippen molar-refractivity contribution in [1.82, 2.24) is 0 Å². The average Bonchev–Trinajstić information content (AvgIpc) is 2.65. The van der Waals surface area contributed by atoms with Crippen LogP contribution in [-0.4, -0.2) is 30.8 Å². The molecule has 0 spiro atoms. The minimum absolute atomic E-state index is 0.325. The molecule has 2 aromatic rings. The Labute approximate surface area is 148 Å². The van der Waals surface area contributed by atoms with E-state index >= 15 is 0 Å². The lowest BCUT2D eigenvalue weighted by molar-refractivity contribution is -0.138. The van der Waals surface area contributed by atoms with Gasteiger partial charge < -0.3 is 14.2 Å². The summed E-state index contributed by atoms with van der Waals surface area (Å²) in [6.07, 6.45) is 0. The smallest absolute Gasteiger partial charge is 0.327 e. The molecule has 2 rings (SSSR count). The Morgan fingerprint density at radius 1 is 1.04 bits per heavy atom. The molecule has 2 aromatic carbocycles. The van der Waals surface area contributed by atoms with Crippen molar-refractivity contribution in [2.45, 2.75) is 11.4 Å². The Morgan fingerprint density at radius 2 is 1.75 bits per heavy atom. The van der Waals surface area contributed by atoms with Gasteiger partial charge in [0.25, 0.3) is 0 Å². The normalized spacial score (nSPS) is 11.5. The van der Waals surface area contributed by atoms with Gasteiger partial charge in [-0.3, -0.25) is 9.59 Å².